The van der Waals surface area contributed by atoms with Crippen molar-refractivity contribution in [2.75, 3.05) is 6.54 Å². The zero-order valence-electron chi connectivity index (χ0n) is 15.0. The van der Waals surface area contributed by atoms with Crippen LogP contribution in [0.2, 0.25) is 5.02 Å². The Bertz CT molecular complexity index is 786. The molecular formula is C21H24ClNO3. The molecule has 26 heavy (non-hydrogen) atoms. The highest BCUT2D eigenvalue weighted by molar-refractivity contribution is 6.30. The number of nitrogens with one attached hydrogen (secondary N) is 1. The summed E-state index contributed by atoms with van der Waals surface area (Å²) in [5.74, 6) is 0.647. The molecule has 4 nitrogen and oxygen atoms in total. The average Bonchev–Trinajstić information content (AvgIpc) is 3.41. The number of hydrogen-bond acceptors (Lipinski definition) is 3. The van der Waals surface area contributed by atoms with Gasteiger partial charge in [-0.25, -0.2) is 0 Å². The van der Waals surface area contributed by atoms with Crippen LogP contribution in [0, 0.1) is 0 Å². The fourth-order valence-corrected chi connectivity index (χ4v) is 3.29. The lowest BCUT2D eigenvalue weighted by atomic mass is 9.95. The van der Waals surface area contributed by atoms with Crippen molar-refractivity contribution in [1.29, 1.82) is 0 Å². The molecule has 3 rings (SSSR count). The number of aliphatic hydroxyl groups is 1. The van der Waals surface area contributed by atoms with Crippen molar-refractivity contribution in [1.82, 2.24) is 5.32 Å². The van der Waals surface area contributed by atoms with Gasteiger partial charge in [0.1, 0.15) is 5.75 Å². The van der Waals surface area contributed by atoms with Crippen molar-refractivity contribution < 1.29 is 14.6 Å². The molecule has 5 heteroatoms. The summed E-state index contributed by atoms with van der Waals surface area (Å²) in [7, 11) is 0. The number of halogens is 1. The second-order valence-corrected chi connectivity index (χ2v) is 7.49. The molecule has 0 radical (unpaired) electrons. The minimum absolute atomic E-state index is 0.0617. The summed E-state index contributed by atoms with van der Waals surface area (Å²) < 4.78 is 5.65. The van der Waals surface area contributed by atoms with E-state index in [9.17, 15) is 9.90 Å². The maximum atomic E-state index is 12.7. The third-order valence-corrected chi connectivity index (χ3v) is 4.87. The number of carbonyl (C=O) groups is 1. The standard InChI is InChI=1S/C21H24ClNO3/c1-14(2)26-18-8-3-5-15(11-18)19(24)13-23-20(25)21(9-10-21)16-6-4-7-17(22)12-16/h3-8,11-12,14,19,24H,9-10,13H2,1-2H3,(H,23,25). The van der Waals surface area contributed by atoms with Crippen LogP contribution in [0.4, 0.5) is 0 Å². The molecule has 0 saturated heterocycles. The van der Waals surface area contributed by atoms with Crippen LogP contribution in [0.25, 0.3) is 0 Å². The van der Waals surface area contributed by atoms with Gasteiger partial charge in [-0.05, 0) is 62.1 Å². The van der Waals surface area contributed by atoms with Gasteiger partial charge in [0.2, 0.25) is 5.91 Å². The van der Waals surface area contributed by atoms with E-state index >= 15 is 0 Å². The van der Waals surface area contributed by atoms with Crippen LogP contribution in [0.5, 0.6) is 5.75 Å². The van der Waals surface area contributed by atoms with Crippen LogP contribution in [-0.2, 0) is 10.2 Å². The van der Waals surface area contributed by atoms with Gasteiger partial charge >= 0.3 is 0 Å². The van der Waals surface area contributed by atoms with Gasteiger partial charge in [0.05, 0.1) is 17.6 Å². The van der Waals surface area contributed by atoms with Crippen molar-refractivity contribution in [2.24, 2.45) is 0 Å². The maximum absolute atomic E-state index is 12.7. The van der Waals surface area contributed by atoms with Crippen molar-refractivity contribution in [3.05, 3.63) is 64.7 Å². The maximum Gasteiger partial charge on any atom is 0.230 e. The summed E-state index contributed by atoms with van der Waals surface area (Å²) >= 11 is 6.06. The average molecular weight is 374 g/mol. The van der Waals surface area contributed by atoms with E-state index in [4.69, 9.17) is 16.3 Å². The lowest BCUT2D eigenvalue weighted by molar-refractivity contribution is -0.124. The molecule has 0 aliphatic heterocycles. The Balaban J connectivity index is 1.63. The number of ether oxygens (including phenoxy) is 1. The molecule has 1 aliphatic rings. The van der Waals surface area contributed by atoms with Crippen molar-refractivity contribution in [3.63, 3.8) is 0 Å². The smallest absolute Gasteiger partial charge is 0.230 e. The Kier molecular flexibility index (Phi) is 5.54. The number of benzene rings is 2. The zero-order chi connectivity index (χ0) is 18.7. The molecule has 1 aliphatic carbocycles. The van der Waals surface area contributed by atoms with E-state index in [0.717, 1.165) is 24.0 Å². The third-order valence-electron chi connectivity index (χ3n) is 4.63. The van der Waals surface area contributed by atoms with Crippen LogP contribution in [0.1, 0.15) is 43.9 Å². The van der Waals surface area contributed by atoms with Crippen LogP contribution in [0.3, 0.4) is 0 Å². The molecule has 2 aromatic carbocycles. The molecule has 2 N–H and O–H groups in total. The quantitative estimate of drug-likeness (QED) is 0.771. The summed E-state index contributed by atoms with van der Waals surface area (Å²) in [6.07, 6.45) is 0.874. The van der Waals surface area contributed by atoms with Crippen LogP contribution >= 0.6 is 11.6 Å². The van der Waals surface area contributed by atoms with Gasteiger partial charge in [-0.1, -0.05) is 35.9 Å². The predicted molar refractivity (Wildman–Crippen MR) is 103 cm³/mol. The Labute approximate surface area is 159 Å². The molecule has 0 spiro atoms. The molecule has 0 heterocycles. The summed E-state index contributed by atoms with van der Waals surface area (Å²) in [4.78, 5) is 12.7. The van der Waals surface area contributed by atoms with Crippen LogP contribution in [0.15, 0.2) is 48.5 Å². The first kappa shape index (κ1) is 18.7. The molecule has 1 fully saturated rings. The van der Waals surface area contributed by atoms with Crippen molar-refractivity contribution in [2.45, 2.75) is 44.3 Å². The first-order valence-corrected chi connectivity index (χ1v) is 9.27. The van der Waals surface area contributed by atoms with Gasteiger partial charge in [-0.3, -0.25) is 4.79 Å². The van der Waals surface area contributed by atoms with Crippen molar-refractivity contribution in [3.8, 4) is 5.75 Å². The van der Waals surface area contributed by atoms with E-state index < -0.39 is 11.5 Å². The number of amides is 1. The largest absolute Gasteiger partial charge is 0.491 e. The lowest BCUT2D eigenvalue weighted by Crippen LogP contribution is -2.37. The van der Waals surface area contributed by atoms with Gasteiger partial charge < -0.3 is 15.2 Å². The van der Waals surface area contributed by atoms with Gasteiger partial charge in [0.25, 0.3) is 0 Å². The van der Waals surface area contributed by atoms with E-state index in [2.05, 4.69) is 5.32 Å². The first-order valence-electron chi connectivity index (χ1n) is 8.90. The number of carbonyl (C=O) groups excluding carboxylic acids is 1. The minimum Gasteiger partial charge on any atom is -0.491 e. The lowest BCUT2D eigenvalue weighted by Gasteiger charge is -2.19. The number of hydrogen-bond donors (Lipinski definition) is 2. The highest BCUT2D eigenvalue weighted by Gasteiger charge is 2.51. The normalized spacial score (nSPS) is 16.2. The number of aliphatic hydroxyl groups excluding tert-OH is 1. The molecule has 2 aromatic rings. The molecule has 1 atom stereocenters. The fraction of sp³-hybridized carbons (Fsp3) is 0.381. The predicted octanol–water partition coefficient (Wildman–Crippen LogP) is 4.01. The fourth-order valence-electron chi connectivity index (χ4n) is 3.10. The topological polar surface area (TPSA) is 58.6 Å². The monoisotopic (exact) mass is 373 g/mol. The molecule has 1 amide bonds. The van der Waals surface area contributed by atoms with Gasteiger partial charge in [-0.15, -0.1) is 0 Å². The Morgan fingerprint density at radius 3 is 2.62 bits per heavy atom. The first-order chi connectivity index (χ1) is 12.4. The van der Waals surface area contributed by atoms with E-state index in [0.29, 0.717) is 10.8 Å². The minimum atomic E-state index is -0.787. The van der Waals surface area contributed by atoms with E-state index in [1.54, 1.807) is 12.1 Å². The highest BCUT2D eigenvalue weighted by atomic mass is 35.5. The third kappa shape index (κ3) is 4.19. The Morgan fingerprint density at radius 1 is 1.23 bits per heavy atom. The molecule has 1 unspecified atom stereocenters. The van der Waals surface area contributed by atoms with Gasteiger partial charge in [-0.2, -0.15) is 0 Å². The summed E-state index contributed by atoms with van der Waals surface area (Å²) in [5, 5.41) is 14.0. The second kappa shape index (κ2) is 7.68. The molecule has 0 bridgehead atoms. The van der Waals surface area contributed by atoms with E-state index in [1.165, 1.54) is 0 Å². The van der Waals surface area contributed by atoms with Crippen LogP contribution < -0.4 is 10.1 Å². The number of rotatable bonds is 7. The van der Waals surface area contributed by atoms with Crippen molar-refractivity contribution >= 4 is 17.5 Å². The highest BCUT2D eigenvalue weighted by Crippen LogP contribution is 2.48. The summed E-state index contributed by atoms with van der Waals surface area (Å²) in [6.45, 7) is 4.06. The van der Waals surface area contributed by atoms with Gasteiger partial charge in [0.15, 0.2) is 0 Å². The molecule has 138 valence electrons. The van der Waals surface area contributed by atoms with E-state index in [1.807, 2.05) is 50.2 Å². The van der Waals surface area contributed by atoms with Gasteiger partial charge in [0, 0.05) is 11.6 Å². The van der Waals surface area contributed by atoms with Crippen LogP contribution in [-0.4, -0.2) is 23.7 Å². The summed E-state index contributed by atoms with van der Waals surface area (Å²) in [5.41, 5.74) is 1.15. The zero-order valence-corrected chi connectivity index (χ0v) is 15.8. The summed E-state index contributed by atoms with van der Waals surface area (Å²) in [6, 6.07) is 14.8. The Hall–Kier alpha value is -2.04. The molecule has 1 saturated carbocycles. The second-order valence-electron chi connectivity index (χ2n) is 7.06. The molecular weight excluding hydrogens is 350 g/mol. The Morgan fingerprint density at radius 2 is 1.96 bits per heavy atom. The SMILES string of the molecule is CC(C)Oc1cccc(C(O)CNC(=O)C2(c3cccc(Cl)c3)CC2)c1. The van der Waals surface area contributed by atoms with E-state index in [-0.39, 0.29) is 18.6 Å². The molecule has 0 aromatic heterocycles.